The molecule has 0 unspecified atom stereocenters. The fourth-order valence-electron chi connectivity index (χ4n) is 3.86. The average Bonchev–Trinajstić information content (AvgIpc) is 3.34. The maximum Gasteiger partial charge on any atom is 0.184 e. The molecule has 2 aromatic heterocycles. The predicted octanol–water partition coefficient (Wildman–Crippen LogP) is 5.68. The minimum Gasteiger partial charge on any atom is -0.496 e. The molecule has 10 heteroatoms. The Labute approximate surface area is 203 Å². The zero-order valence-electron chi connectivity index (χ0n) is 18.3. The number of methoxy groups -OCH3 is 1. The van der Waals surface area contributed by atoms with Gasteiger partial charge in [0.1, 0.15) is 33.7 Å². The number of benzene rings is 3. The van der Waals surface area contributed by atoms with Gasteiger partial charge < -0.3 is 4.74 Å². The van der Waals surface area contributed by atoms with Crippen LogP contribution in [0, 0.1) is 11.6 Å². The van der Waals surface area contributed by atoms with Gasteiger partial charge in [0.25, 0.3) is 0 Å². The van der Waals surface area contributed by atoms with E-state index in [0.717, 1.165) is 11.5 Å². The number of ether oxygens (including phenoxy) is 1. The molecule has 0 aliphatic carbocycles. The third-order valence-corrected chi connectivity index (χ3v) is 7.97. The fourth-order valence-corrected chi connectivity index (χ4v) is 6.03. The molecular formula is C25H17F2N3O3S2. The SMILES string of the molecule is COc1cc(-c2cc(F)cc(F)c2)ccc1-c1nccc2cc(S(=O)(=O)Cc3nncs3)ccc12. The number of nitrogens with zero attached hydrogens (tertiary/aromatic N) is 3. The Kier molecular flexibility index (Phi) is 6.00. The van der Waals surface area contributed by atoms with Crippen LogP contribution in [0.25, 0.3) is 33.2 Å². The van der Waals surface area contributed by atoms with Crippen LogP contribution >= 0.6 is 11.3 Å². The maximum absolute atomic E-state index is 13.7. The van der Waals surface area contributed by atoms with E-state index in [1.807, 2.05) is 0 Å². The second-order valence-corrected chi connectivity index (χ2v) is 10.6. The van der Waals surface area contributed by atoms with Gasteiger partial charge >= 0.3 is 0 Å². The quantitative estimate of drug-likeness (QED) is 0.293. The van der Waals surface area contributed by atoms with E-state index in [1.54, 1.807) is 48.7 Å². The molecule has 0 amide bonds. The molecule has 2 heterocycles. The van der Waals surface area contributed by atoms with Crippen molar-refractivity contribution in [1.29, 1.82) is 0 Å². The van der Waals surface area contributed by atoms with Crippen molar-refractivity contribution in [3.05, 3.63) is 89.0 Å². The Balaban J connectivity index is 1.57. The van der Waals surface area contributed by atoms with Gasteiger partial charge in [0, 0.05) is 23.2 Å². The lowest BCUT2D eigenvalue weighted by Gasteiger charge is -2.13. The first-order valence-electron chi connectivity index (χ1n) is 10.4. The highest BCUT2D eigenvalue weighted by Gasteiger charge is 2.19. The van der Waals surface area contributed by atoms with Crippen LogP contribution in [0.15, 0.2) is 77.3 Å². The van der Waals surface area contributed by atoms with Crippen LogP contribution < -0.4 is 4.74 Å². The molecule has 5 rings (SSSR count). The van der Waals surface area contributed by atoms with Gasteiger partial charge in [-0.1, -0.05) is 12.1 Å². The summed E-state index contributed by atoms with van der Waals surface area (Å²) in [6.45, 7) is 0. The van der Waals surface area contributed by atoms with E-state index in [0.29, 0.717) is 38.5 Å². The smallest absolute Gasteiger partial charge is 0.184 e. The molecule has 176 valence electrons. The summed E-state index contributed by atoms with van der Waals surface area (Å²) in [5.41, 5.74) is 3.69. The summed E-state index contributed by atoms with van der Waals surface area (Å²) >= 11 is 1.19. The first-order chi connectivity index (χ1) is 16.8. The number of aromatic nitrogens is 3. The number of hydrogen-bond acceptors (Lipinski definition) is 7. The Morgan fingerprint density at radius 3 is 2.46 bits per heavy atom. The number of halogens is 2. The van der Waals surface area contributed by atoms with Gasteiger partial charge in [0.05, 0.1) is 17.7 Å². The summed E-state index contributed by atoms with van der Waals surface area (Å²) in [7, 11) is -2.11. The fraction of sp³-hybridized carbons (Fsp3) is 0.0800. The van der Waals surface area contributed by atoms with Gasteiger partial charge in [-0.25, -0.2) is 17.2 Å². The van der Waals surface area contributed by atoms with E-state index in [-0.39, 0.29) is 10.6 Å². The number of pyridine rings is 1. The molecule has 0 aliphatic rings. The topological polar surface area (TPSA) is 82.0 Å². The zero-order chi connectivity index (χ0) is 24.6. The number of rotatable bonds is 6. The van der Waals surface area contributed by atoms with Gasteiger partial charge in [-0.3, -0.25) is 4.98 Å². The van der Waals surface area contributed by atoms with Crippen molar-refractivity contribution in [3.8, 4) is 28.1 Å². The molecule has 0 saturated carbocycles. The average molecular weight is 510 g/mol. The van der Waals surface area contributed by atoms with Crippen LogP contribution in [0.4, 0.5) is 8.78 Å². The number of sulfone groups is 1. The molecule has 0 saturated heterocycles. The molecule has 0 radical (unpaired) electrons. The highest BCUT2D eigenvalue weighted by atomic mass is 32.2. The Morgan fingerprint density at radius 1 is 0.943 bits per heavy atom. The third kappa shape index (κ3) is 4.62. The summed E-state index contributed by atoms with van der Waals surface area (Å²) in [5, 5.41) is 9.35. The summed E-state index contributed by atoms with van der Waals surface area (Å²) in [6.07, 6.45) is 1.59. The second kappa shape index (κ2) is 9.12. The lowest BCUT2D eigenvalue weighted by Crippen LogP contribution is -2.05. The first kappa shape index (κ1) is 23.0. The summed E-state index contributed by atoms with van der Waals surface area (Å²) in [6, 6.07) is 15.1. The molecule has 0 aliphatic heterocycles. The van der Waals surface area contributed by atoms with Gasteiger partial charge in [-0.15, -0.1) is 21.5 Å². The highest BCUT2D eigenvalue weighted by Crippen LogP contribution is 2.37. The summed E-state index contributed by atoms with van der Waals surface area (Å²) in [5.74, 6) is -1.11. The zero-order valence-corrected chi connectivity index (χ0v) is 19.9. The molecule has 3 aromatic carbocycles. The van der Waals surface area contributed by atoms with Crippen LogP contribution in [0.5, 0.6) is 5.75 Å². The van der Waals surface area contributed by atoms with Gasteiger partial charge in [-0.05, 0) is 59.0 Å². The van der Waals surface area contributed by atoms with Crippen molar-refractivity contribution < 1.29 is 21.9 Å². The number of fused-ring (bicyclic) bond motifs is 1. The number of hydrogen-bond donors (Lipinski definition) is 0. The van der Waals surface area contributed by atoms with E-state index in [9.17, 15) is 17.2 Å². The van der Waals surface area contributed by atoms with Crippen molar-refractivity contribution in [2.45, 2.75) is 10.6 Å². The second-order valence-electron chi connectivity index (χ2n) is 7.71. The molecule has 0 atom stereocenters. The monoisotopic (exact) mass is 509 g/mol. The van der Waals surface area contributed by atoms with Crippen molar-refractivity contribution in [1.82, 2.24) is 15.2 Å². The Bertz CT molecular complexity index is 1640. The van der Waals surface area contributed by atoms with E-state index in [4.69, 9.17) is 4.74 Å². The van der Waals surface area contributed by atoms with Crippen LogP contribution in [-0.4, -0.2) is 30.7 Å². The molecule has 0 spiro atoms. The molecule has 35 heavy (non-hydrogen) atoms. The van der Waals surface area contributed by atoms with Crippen molar-refractivity contribution in [2.75, 3.05) is 7.11 Å². The molecule has 0 fully saturated rings. The highest BCUT2D eigenvalue weighted by molar-refractivity contribution is 7.90. The third-order valence-electron chi connectivity index (χ3n) is 5.47. The molecule has 0 bridgehead atoms. The van der Waals surface area contributed by atoms with Crippen LogP contribution in [0.2, 0.25) is 0 Å². The van der Waals surface area contributed by atoms with Gasteiger partial charge in [0.2, 0.25) is 0 Å². The largest absolute Gasteiger partial charge is 0.496 e. The molecule has 0 N–H and O–H groups in total. The Morgan fingerprint density at radius 2 is 1.74 bits per heavy atom. The standard InChI is InChI=1S/C25H17F2N3O3S2/c1-33-23-11-15(17-8-18(26)12-19(27)9-17)2-4-22(23)25-21-5-3-20(10-16(21)6-7-28-25)35(31,32)13-24-30-29-14-34-24/h2-12,14H,13H2,1H3. The van der Waals surface area contributed by atoms with E-state index < -0.39 is 21.5 Å². The lowest BCUT2D eigenvalue weighted by molar-refractivity contribution is 0.416. The van der Waals surface area contributed by atoms with Crippen LogP contribution in [-0.2, 0) is 15.6 Å². The van der Waals surface area contributed by atoms with Gasteiger partial charge in [-0.2, -0.15) is 0 Å². The molecule has 5 aromatic rings. The van der Waals surface area contributed by atoms with Crippen LogP contribution in [0.3, 0.4) is 0 Å². The maximum atomic E-state index is 13.7. The van der Waals surface area contributed by atoms with E-state index in [1.165, 1.54) is 36.1 Å². The predicted molar refractivity (Wildman–Crippen MR) is 130 cm³/mol. The van der Waals surface area contributed by atoms with Crippen LogP contribution in [0.1, 0.15) is 5.01 Å². The normalized spacial score (nSPS) is 11.6. The Hall–Kier alpha value is -3.76. The summed E-state index contributed by atoms with van der Waals surface area (Å²) in [4.78, 5) is 4.68. The van der Waals surface area contributed by atoms with Crippen molar-refractivity contribution in [2.24, 2.45) is 0 Å². The van der Waals surface area contributed by atoms with E-state index in [2.05, 4.69) is 15.2 Å². The minimum atomic E-state index is -3.61. The van der Waals surface area contributed by atoms with Crippen molar-refractivity contribution in [3.63, 3.8) is 0 Å². The van der Waals surface area contributed by atoms with E-state index >= 15 is 0 Å². The van der Waals surface area contributed by atoms with Gasteiger partial charge in [0.15, 0.2) is 9.84 Å². The first-order valence-corrected chi connectivity index (χ1v) is 12.9. The minimum absolute atomic E-state index is 0.174. The molecule has 6 nitrogen and oxygen atoms in total. The van der Waals surface area contributed by atoms with Crippen molar-refractivity contribution >= 4 is 31.9 Å². The summed E-state index contributed by atoms with van der Waals surface area (Å²) < 4.78 is 58.7. The lowest BCUT2D eigenvalue weighted by atomic mass is 9.99. The molecular weight excluding hydrogens is 492 g/mol.